The van der Waals surface area contributed by atoms with Crippen LogP contribution >= 0.6 is 0 Å². The first-order valence-electron chi connectivity index (χ1n) is 6.91. The number of allylic oxidation sites excluding steroid dienone is 1. The molecule has 1 aliphatic heterocycles. The Kier molecular flexibility index (Phi) is 3.76. The predicted octanol–water partition coefficient (Wildman–Crippen LogP) is 2.08. The Bertz CT molecular complexity index is 481. The summed E-state index contributed by atoms with van der Waals surface area (Å²) in [7, 11) is 0. The first-order chi connectivity index (χ1) is 9.31. The van der Waals surface area contributed by atoms with Gasteiger partial charge in [0, 0.05) is 19.5 Å². The van der Waals surface area contributed by atoms with Crippen LogP contribution in [0.25, 0.3) is 0 Å². The lowest BCUT2D eigenvalue weighted by Gasteiger charge is -2.16. The molecular weight excluding hydrogens is 238 g/mol. The Labute approximate surface area is 113 Å². The summed E-state index contributed by atoms with van der Waals surface area (Å²) >= 11 is 0. The van der Waals surface area contributed by atoms with E-state index in [-0.39, 0.29) is 11.9 Å². The largest absolute Gasteiger partial charge is 0.372 e. The van der Waals surface area contributed by atoms with Crippen molar-refractivity contribution in [1.29, 1.82) is 0 Å². The normalized spacial score (nSPS) is 26.7. The van der Waals surface area contributed by atoms with Crippen molar-refractivity contribution in [3.05, 3.63) is 47.5 Å². The molecule has 1 aromatic rings. The van der Waals surface area contributed by atoms with Gasteiger partial charge in [0.15, 0.2) is 5.78 Å². The molecule has 0 aromatic heterocycles. The average Bonchev–Trinajstić information content (AvgIpc) is 2.66. The van der Waals surface area contributed by atoms with Gasteiger partial charge >= 0.3 is 0 Å². The number of nitrogens with one attached hydrogen (secondary N) is 1. The van der Waals surface area contributed by atoms with Crippen molar-refractivity contribution in [2.75, 3.05) is 13.1 Å². The third-order valence-electron chi connectivity index (χ3n) is 3.87. The van der Waals surface area contributed by atoms with Crippen LogP contribution < -0.4 is 5.32 Å². The van der Waals surface area contributed by atoms with Crippen molar-refractivity contribution in [1.82, 2.24) is 5.32 Å². The second-order valence-electron chi connectivity index (χ2n) is 5.37. The number of rotatable bonds is 3. The van der Waals surface area contributed by atoms with Gasteiger partial charge in [-0.25, -0.2) is 0 Å². The molecule has 3 rings (SSSR count). The van der Waals surface area contributed by atoms with Crippen LogP contribution in [0.3, 0.4) is 0 Å². The summed E-state index contributed by atoms with van der Waals surface area (Å²) in [6, 6.07) is 10.2. The molecule has 2 unspecified atom stereocenters. The van der Waals surface area contributed by atoms with E-state index in [1.54, 1.807) is 0 Å². The first-order valence-corrected chi connectivity index (χ1v) is 6.91. The lowest BCUT2D eigenvalue weighted by atomic mass is 9.98. The fourth-order valence-electron chi connectivity index (χ4n) is 2.85. The van der Waals surface area contributed by atoms with E-state index >= 15 is 0 Å². The molecule has 0 radical (unpaired) electrons. The highest BCUT2D eigenvalue weighted by molar-refractivity contribution is 5.93. The van der Waals surface area contributed by atoms with Crippen LogP contribution in [0.15, 0.2) is 42.0 Å². The molecule has 100 valence electrons. The van der Waals surface area contributed by atoms with Crippen molar-refractivity contribution >= 4 is 5.78 Å². The van der Waals surface area contributed by atoms with Crippen LogP contribution in [-0.2, 0) is 16.1 Å². The number of carbonyl (C=O) groups excluding carboxylic acids is 1. The molecule has 19 heavy (non-hydrogen) atoms. The minimum atomic E-state index is 0.169. The molecule has 2 atom stereocenters. The van der Waals surface area contributed by atoms with Crippen molar-refractivity contribution in [3.8, 4) is 0 Å². The monoisotopic (exact) mass is 257 g/mol. The molecule has 1 saturated heterocycles. The van der Waals surface area contributed by atoms with E-state index in [9.17, 15) is 4.79 Å². The molecule has 3 heteroatoms. The van der Waals surface area contributed by atoms with Gasteiger partial charge in [0.25, 0.3) is 0 Å². The van der Waals surface area contributed by atoms with Crippen LogP contribution in [0, 0.1) is 5.92 Å². The maximum Gasteiger partial charge on any atom is 0.156 e. The lowest BCUT2D eigenvalue weighted by molar-refractivity contribution is -0.114. The molecule has 1 fully saturated rings. The number of ether oxygens (including phenoxy) is 1. The number of fused-ring (bicyclic) bond motifs is 1. The summed E-state index contributed by atoms with van der Waals surface area (Å²) in [5, 5.41) is 3.41. The fourth-order valence-corrected chi connectivity index (χ4v) is 2.85. The number of hydrogen-bond acceptors (Lipinski definition) is 3. The summed E-state index contributed by atoms with van der Waals surface area (Å²) in [5.74, 6) is 0.670. The Morgan fingerprint density at radius 2 is 2.00 bits per heavy atom. The quantitative estimate of drug-likeness (QED) is 0.901. The molecule has 0 amide bonds. The van der Waals surface area contributed by atoms with Crippen LogP contribution in [0.1, 0.15) is 18.4 Å². The van der Waals surface area contributed by atoms with Gasteiger partial charge in [-0.3, -0.25) is 4.79 Å². The maximum absolute atomic E-state index is 11.5. The van der Waals surface area contributed by atoms with E-state index in [0.717, 1.165) is 19.5 Å². The summed E-state index contributed by atoms with van der Waals surface area (Å²) < 4.78 is 5.98. The number of carbonyl (C=O) groups is 1. The van der Waals surface area contributed by atoms with Crippen LogP contribution in [0.2, 0.25) is 0 Å². The van der Waals surface area contributed by atoms with Crippen LogP contribution in [0.5, 0.6) is 0 Å². The molecule has 0 spiro atoms. The van der Waals surface area contributed by atoms with Crippen molar-refractivity contribution in [3.63, 3.8) is 0 Å². The van der Waals surface area contributed by atoms with Crippen molar-refractivity contribution in [2.24, 2.45) is 5.92 Å². The topological polar surface area (TPSA) is 38.3 Å². The Hall–Kier alpha value is -1.45. The highest BCUT2D eigenvalue weighted by Crippen LogP contribution is 2.29. The Morgan fingerprint density at radius 1 is 1.16 bits per heavy atom. The fraction of sp³-hybridized carbons (Fsp3) is 0.438. The molecule has 1 aromatic carbocycles. The van der Waals surface area contributed by atoms with Gasteiger partial charge in [-0.2, -0.15) is 0 Å². The maximum atomic E-state index is 11.5. The molecule has 0 saturated carbocycles. The van der Waals surface area contributed by atoms with Crippen molar-refractivity contribution < 1.29 is 9.53 Å². The van der Waals surface area contributed by atoms with Gasteiger partial charge in [0.1, 0.15) is 0 Å². The highest BCUT2D eigenvalue weighted by atomic mass is 16.5. The standard InChI is InChI=1S/C16H19NO2/c18-15-6-13-8-16(10-17-9-14(13)7-15)19-11-12-4-2-1-3-5-12/h1-6,14,16-17H,7-11H2. The van der Waals surface area contributed by atoms with Gasteiger partial charge in [-0.05, 0) is 24.0 Å². The van der Waals surface area contributed by atoms with Gasteiger partial charge in [-0.15, -0.1) is 0 Å². The molecular formula is C16H19NO2. The van der Waals surface area contributed by atoms with E-state index in [4.69, 9.17) is 4.74 Å². The van der Waals surface area contributed by atoms with Crippen LogP contribution in [0.4, 0.5) is 0 Å². The van der Waals surface area contributed by atoms with Crippen LogP contribution in [-0.4, -0.2) is 25.0 Å². The SMILES string of the molecule is O=C1C=C2CC(OCc3ccccc3)CNCC2C1. The van der Waals surface area contributed by atoms with Gasteiger partial charge in [0.05, 0.1) is 12.7 Å². The second-order valence-corrected chi connectivity index (χ2v) is 5.37. The summed E-state index contributed by atoms with van der Waals surface area (Å²) in [6.07, 6.45) is 3.56. The third-order valence-corrected chi connectivity index (χ3v) is 3.87. The molecule has 1 N–H and O–H groups in total. The molecule has 1 heterocycles. The van der Waals surface area contributed by atoms with Gasteiger partial charge < -0.3 is 10.1 Å². The smallest absolute Gasteiger partial charge is 0.156 e. The van der Waals surface area contributed by atoms with E-state index in [1.165, 1.54) is 11.1 Å². The summed E-state index contributed by atoms with van der Waals surface area (Å²) in [4.78, 5) is 11.5. The third kappa shape index (κ3) is 3.11. The average molecular weight is 257 g/mol. The minimum Gasteiger partial charge on any atom is -0.372 e. The summed E-state index contributed by atoms with van der Waals surface area (Å²) in [6.45, 7) is 2.41. The van der Waals surface area contributed by atoms with E-state index in [2.05, 4.69) is 17.4 Å². The van der Waals surface area contributed by atoms with E-state index < -0.39 is 0 Å². The zero-order valence-corrected chi connectivity index (χ0v) is 11.0. The molecule has 3 nitrogen and oxygen atoms in total. The molecule has 1 aliphatic carbocycles. The van der Waals surface area contributed by atoms with E-state index in [1.807, 2.05) is 24.3 Å². The first kappa shape index (κ1) is 12.6. The second kappa shape index (κ2) is 5.68. The Morgan fingerprint density at radius 3 is 2.84 bits per heavy atom. The number of ketones is 1. The zero-order valence-electron chi connectivity index (χ0n) is 11.0. The Balaban J connectivity index is 1.59. The molecule has 0 bridgehead atoms. The number of benzene rings is 1. The molecule has 2 aliphatic rings. The van der Waals surface area contributed by atoms with Gasteiger partial charge in [0.2, 0.25) is 0 Å². The lowest BCUT2D eigenvalue weighted by Crippen LogP contribution is -2.28. The van der Waals surface area contributed by atoms with Gasteiger partial charge in [-0.1, -0.05) is 35.9 Å². The minimum absolute atomic E-state index is 0.169. The van der Waals surface area contributed by atoms with E-state index in [0.29, 0.717) is 18.9 Å². The predicted molar refractivity (Wildman–Crippen MR) is 73.7 cm³/mol. The highest BCUT2D eigenvalue weighted by Gasteiger charge is 2.29. The summed E-state index contributed by atoms with van der Waals surface area (Å²) in [5.41, 5.74) is 2.47. The number of hydrogen-bond donors (Lipinski definition) is 1. The zero-order chi connectivity index (χ0) is 13.1. The van der Waals surface area contributed by atoms with Crippen molar-refractivity contribution in [2.45, 2.75) is 25.6 Å².